The van der Waals surface area contributed by atoms with Crippen molar-refractivity contribution in [2.24, 2.45) is 0 Å². The van der Waals surface area contributed by atoms with Crippen LogP contribution < -0.4 is 4.90 Å². The molecular formula is C10H11Cl3N4O6S2. The Balaban J connectivity index is 3.67. The first-order valence-electron chi connectivity index (χ1n) is 6.07. The van der Waals surface area contributed by atoms with Gasteiger partial charge in [-0.05, 0) is 11.9 Å². The molecule has 0 radical (unpaired) electrons. The van der Waals surface area contributed by atoms with E-state index in [1.165, 1.54) is 14.1 Å². The molecule has 1 aromatic rings. The molecule has 0 saturated heterocycles. The molecule has 140 valence electrons. The molecule has 0 aliphatic heterocycles. The van der Waals surface area contributed by atoms with Crippen molar-refractivity contribution < 1.29 is 18.3 Å². The highest BCUT2D eigenvalue weighted by Crippen LogP contribution is 2.44. The summed E-state index contributed by atoms with van der Waals surface area (Å²) in [6.07, 6.45) is 0. The Hall–Kier alpha value is -1.05. The van der Waals surface area contributed by atoms with Gasteiger partial charge in [-0.15, -0.1) is 3.71 Å². The number of nitro benzene ring substituents is 2. The molecule has 0 amide bonds. The first-order chi connectivity index (χ1) is 11.2. The SMILES string of the molecule is CN(C)c1c([N+](=O)[O-])cc(S(=O)(=O)N(C)SC(Cl)(Cl)Cl)cc1[N+](=O)[O-]. The molecule has 0 aliphatic rings. The van der Waals surface area contributed by atoms with E-state index in [1.807, 2.05) is 0 Å². The monoisotopic (exact) mass is 452 g/mol. The highest BCUT2D eigenvalue weighted by molar-refractivity contribution is 8.11. The van der Waals surface area contributed by atoms with E-state index in [9.17, 15) is 28.6 Å². The number of nitro groups is 2. The maximum atomic E-state index is 12.5. The van der Waals surface area contributed by atoms with Crippen molar-refractivity contribution in [2.75, 3.05) is 26.0 Å². The number of alkyl halides is 3. The summed E-state index contributed by atoms with van der Waals surface area (Å²) in [5.74, 6) is 0. The molecule has 0 aromatic heterocycles. The molecule has 25 heavy (non-hydrogen) atoms. The fraction of sp³-hybridized carbons (Fsp3) is 0.400. The largest absolute Gasteiger partial charge is 0.366 e. The third-order valence-electron chi connectivity index (χ3n) is 2.75. The van der Waals surface area contributed by atoms with Crippen LogP contribution >= 0.6 is 46.8 Å². The van der Waals surface area contributed by atoms with Crippen LogP contribution in [-0.4, -0.2) is 46.2 Å². The van der Waals surface area contributed by atoms with Crippen LogP contribution in [0.5, 0.6) is 0 Å². The summed E-state index contributed by atoms with van der Waals surface area (Å²) >= 11 is 16.8. The highest BCUT2D eigenvalue weighted by atomic mass is 35.6. The van der Waals surface area contributed by atoms with Gasteiger partial charge in [-0.1, -0.05) is 34.8 Å². The number of anilines is 1. The number of hydrogen-bond acceptors (Lipinski definition) is 8. The van der Waals surface area contributed by atoms with Gasteiger partial charge in [-0.2, -0.15) is 0 Å². The number of rotatable bonds is 6. The Labute approximate surface area is 162 Å². The van der Waals surface area contributed by atoms with E-state index in [2.05, 4.69) is 0 Å². The van der Waals surface area contributed by atoms with Gasteiger partial charge in [0, 0.05) is 33.3 Å². The number of nitrogens with zero attached hydrogens (tertiary/aromatic N) is 4. The van der Waals surface area contributed by atoms with Crippen LogP contribution in [0.4, 0.5) is 17.1 Å². The second kappa shape index (κ2) is 7.68. The topological polar surface area (TPSA) is 127 Å². The predicted molar refractivity (Wildman–Crippen MR) is 96.9 cm³/mol. The zero-order valence-electron chi connectivity index (χ0n) is 12.8. The van der Waals surface area contributed by atoms with Crippen molar-refractivity contribution in [2.45, 2.75) is 8.02 Å². The highest BCUT2D eigenvalue weighted by Gasteiger charge is 2.36. The Bertz CT molecular complexity index is 776. The third kappa shape index (κ3) is 5.21. The lowest BCUT2D eigenvalue weighted by molar-refractivity contribution is -0.392. The van der Waals surface area contributed by atoms with Crippen molar-refractivity contribution in [3.63, 3.8) is 0 Å². The molecular weight excluding hydrogens is 443 g/mol. The number of sulfonamides is 1. The fourth-order valence-electron chi connectivity index (χ4n) is 1.81. The quantitative estimate of drug-likeness (QED) is 0.278. The normalized spacial score (nSPS) is 12.3. The van der Waals surface area contributed by atoms with E-state index in [-0.39, 0.29) is 17.6 Å². The zero-order chi connectivity index (χ0) is 19.7. The van der Waals surface area contributed by atoms with Crippen molar-refractivity contribution in [1.29, 1.82) is 0 Å². The Morgan fingerprint density at radius 3 is 1.72 bits per heavy atom. The predicted octanol–water partition coefficient (Wildman–Crippen LogP) is 3.17. The Kier molecular flexibility index (Phi) is 6.75. The lowest BCUT2D eigenvalue weighted by Gasteiger charge is -2.20. The zero-order valence-corrected chi connectivity index (χ0v) is 16.7. The molecule has 0 heterocycles. The van der Waals surface area contributed by atoms with Crippen LogP contribution in [0.3, 0.4) is 0 Å². The van der Waals surface area contributed by atoms with Gasteiger partial charge in [0.2, 0.25) is 0 Å². The first-order valence-corrected chi connectivity index (χ1v) is 9.42. The van der Waals surface area contributed by atoms with Gasteiger partial charge in [-0.25, -0.2) is 8.42 Å². The average molecular weight is 454 g/mol. The van der Waals surface area contributed by atoms with Gasteiger partial charge >= 0.3 is 11.4 Å². The smallest absolute Gasteiger partial charge is 0.301 e. The van der Waals surface area contributed by atoms with E-state index in [0.717, 1.165) is 11.9 Å². The molecule has 0 spiro atoms. The van der Waals surface area contributed by atoms with Crippen LogP contribution in [0.25, 0.3) is 0 Å². The second-order valence-corrected chi connectivity index (χ2v) is 11.2. The number of halogens is 3. The minimum absolute atomic E-state index is 0.289. The van der Waals surface area contributed by atoms with Crippen LogP contribution in [0.1, 0.15) is 0 Å². The summed E-state index contributed by atoms with van der Waals surface area (Å²) in [7, 11) is -0.659. The van der Waals surface area contributed by atoms with Crippen molar-refractivity contribution in [1.82, 2.24) is 3.71 Å². The molecule has 15 heteroatoms. The summed E-state index contributed by atoms with van der Waals surface area (Å²) in [5.41, 5.74) is -1.83. The maximum Gasteiger partial charge on any atom is 0.301 e. The average Bonchev–Trinajstić information content (AvgIpc) is 2.43. The van der Waals surface area contributed by atoms with Gasteiger partial charge in [0.05, 0.1) is 14.7 Å². The molecule has 0 unspecified atom stereocenters. The van der Waals surface area contributed by atoms with E-state index in [0.29, 0.717) is 15.8 Å². The summed E-state index contributed by atoms with van der Waals surface area (Å²) in [6.45, 7) is 0. The molecule has 1 rings (SSSR count). The van der Waals surface area contributed by atoms with E-state index in [4.69, 9.17) is 34.8 Å². The lowest BCUT2D eigenvalue weighted by Crippen LogP contribution is -2.24. The molecule has 0 aliphatic carbocycles. The minimum atomic E-state index is -4.41. The summed E-state index contributed by atoms with van der Waals surface area (Å²) in [6, 6.07) is 1.43. The minimum Gasteiger partial charge on any atom is -0.366 e. The third-order valence-corrected chi connectivity index (χ3v) is 6.16. The molecule has 0 saturated carbocycles. The summed E-state index contributed by atoms with van der Waals surface area (Å²) in [5, 5.41) is 22.5. The molecule has 0 bridgehead atoms. The van der Waals surface area contributed by atoms with Gasteiger partial charge < -0.3 is 4.90 Å². The molecule has 0 atom stereocenters. The van der Waals surface area contributed by atoms with Gasteiger partial charge in [0.25, 0.3) is 13.1 Å². The van der Waals surface area contributed by atoms with Crippen molar-refractivity contribution in [3.05, 3.63) is 32.4 Å². The van der Waals surface area contributed by atoms with Gasteiger partial charge in [0.1, 0.15) is 0 Å². The van der Waals surface area contributed by atoms with Crippen molar-refractivity contribution >= 4 is 73.8 Å². The van der Waals surface area contributed by atoms with Crippen LogP contribution in [-0.2, 0) is 10.0 Å². The first kappa shape index (κ1) is 22.0. The van der Waals surface area contributed by atoms with Crippen LogP contribution in [0.15, 0.2) is 17.0 Å². The van der Waals surface area contributed by atoms with Crippen molar-refractivity contribution in [3.8, 4) is 0 Å². The van der Waals surface area contributed by atoms with Gasteiger partial charge in [0.15, 0.2) is 5.69 Å². The van der Waals surface area contributed by atoms with E-state index < -0.39 is 39.3 Å². The van der Waals surface area contributed by atoms with Crippen LogP contribution in [0, 0.1) is 20.2 Å². The lowest BCUT2D eigenvalue weighted by atomic mass is 10.2. The van der Waals surface area contributed by atoms with E-state index >= 15 is 0 Å². The molecule has 10 nitrogen and oxygen atoms in total. The molecule has 0 fully saturated rings. The van der Waals surface area contributed by atoms with Crippen LogP contribution in [0.2, 0.25) is 0 Å². The van der Waals surface area contributed by atoms with Gasteiger partial charge in [-0.3, -0.25) is 20.2 Å². The number of hydrogen-bond donors (Lipinski definition) is 0. The molecule has 1 aromatic carbocycles. The number of benzene rings is 1. The maximum absolute atomic E-state index is 12.5. The molecule has 0 N–H and O–H groups in total. The summed E-state index contributed by atoms with van der Waals surface area (Å²) in [4.78, 5) is 21.2. The standard InChI is InChI=1S/C10H11Cl3N4O6S2/c1-14(2)9-7(16(18)19)4-6(5-8(9)17(20)21)25(22,23)15(3)24-10(11,12)13/h4-5H,1-3H3. The Morgan fingerprint density at radius 1 is 1.04 bits per heavy atom. The summed E-state index contributed by atoms with van der Waals surface area (Å²) < 4.78 is 23.6. The fourth-order valence-corrected chi connectivity index (χ4v) is 5.20. The second-order valence-electron chi connectivity index (χ2n) is 4.67. The Morgan fingerprint density at radius 2 is 1.44 bits per heavy atom. The van der Waals surface area contributed by atoms with E-state index in [1.54, 1.807) is 0 Å².